The summed E-state index contributed by atoms with van der Waals surface area (Å²) in [6.45, 7) is 5.44. The second kappa shape index (κ2) is 4.32. The summed E-state index contributed by atoms with van der Waals surface area (Å²) in [7, 11) is 0. The van der Waals surface area contributed by atoms with E-state index in [1.54, 1.807) is 6.92 Å². The van der Waals surface area contributed by atoms with Gasteiger partial charge in [0.05, 0.1) is 12.3 Å². The Bertz CT molecular complexity index is 97.2. The lowest BCUT2D eigenvalue weighted by atomic mass is 10.4. The normalized spacial score (nSPS) is 12.4. The second-order valence-electron chi connectivity index (χ2n) is 2.14. The van der Waals surface area contributed by atoms with Crippen LogP contribution in [-0.4, -0.2) is 23.5 Å². The minimum atomic E-state index is -0.195. The monoisotopic (exact) mass is 131 g/mol. The van der Waals surface area contributed by atoms with Crippen molar-refractivity contribution < 1.29 is 9.94 Å². The zero-order valence-corrected chi connectivity index (χ0v) is 6.09. The molecule has 0 saturated heterocycles. The summed E-state index contributed by atoms with van der Waals surface area (Å²) < 4.78 is 0. The fourth-order valence-corrected chi connectivity index (χ4v) is 0.229. The molecule has 0 aliphatic rings. The van der Waals surface area contributed by atoms with Gasteiger partial charge in [-0.2, -0.15) is 0 Å². The van der Waals surface area contributed by atoms with Crippen molar-refractivity contribution in [1.29, 1.82) is 0 Å². The van der Waals surface area contributed by atoms with Gasteiger partial charge in [-0.3, -0.25) is 0 Å². The molecule has 0 rings (SSSR count). The predicted octanol–water partition coefficient (Wildman–Crippen LogP) is 0.780. The first kappa shape index (κ1) is 8.43. The van der Waals surface area contributed by atoms with Crippen molar-refractivity contribution in [2.24, 2.45) is 5.16 Å². The molecule has 54 valence electrons. The summed E-state index contributed by atoms with van der Waals surface area (Å²) in [5.74, 6) is 0. The maximum absolute atomic E-state index is 8.45. The van der Waals surface area contributed by atoms with Crippen molar-refractivity contribution in [2.75, 3.05) is 6.61 Å². The number of nitrogens with zero attached hydrogens (tertiary/aromatic N) is 1. The van der Waals surface area contributed by atoms with Gasteiger partial charge in [0, 0.05) is 0 Å². The number of rotatable bonds is 3. The lowest BCUT2D eigenvalue weighted by Gasteiger charge is -2.04. The van der Waals surface area contributed by atoms with E-state index < -0.39 is 0 Å². The first-order valence-electron chi connectivity index (χ1n) is 2.94. The molecule has 0 saturated carbocycles. The van der Waals surface area contributed by atoms with Crippen LogP contribution in [0.1, 0.15) is 20.8 Å². The van der Waals surface area contributed by atoms with Gasteiger partial charge >= 0.3 is 0 Å². The average molecular weight is 131 g/mol. The predicted molar refractivity (Wildman–Crippen MR) is 36.4 cm³/mol. The average Bonchev–Trinajstić information content (AvgIpc) is 1.83. The zero-order valence-electron chi connectivity index (χ0n) is 6.09. The molecular formula is C6H13NO2. The fraction of sp³-hybridized carbons (Fsp3) is 0.833. The molecule has 0 spiro atoms. The highest BCUT2D eigenvalue weighted by atomic mass is 16.6. The Balaban J connectivity index is 3.37. The first-order valence-corrected chi connectivity index (χ1v) is 2.94. The Morgan fingerprint density at radius 2 is 2.22 bits per heavy atom. The third kappa shape index (κ3) is 5.30. The third-order valence-electron chi connectivity index (χ3n) is 0.672. The van der Waals surface area contributed by atoms with Gasteiger partial charge < -0.3 is 9.94 Å². The van der Waals surface area contributed by atoms with E-state index in [2.05, 4.69) is 5.16 Å². The highest BCUT2D eigenvalue weighted by Crippen LogP contribution is 1.89. The van der Waals surface area contributed by atoms with Crippen molar-refractivity contribution >= 4 is 5.71 Å². The molecule has 0 aliphatic heterocycles. The standard InChI is InChI=1S/C6H13NO2/c1-5(2)7-9-6(3)4-8/h6,8H,4H2,1-3H3. The maximum Gasteiger partial charge on any atom is 0.147 e. The lowest BCUT2D eigenvalue weighted by molar-refractivity contribution is 0.0288. The summed E-state index contributed by atoms with van der Waals surface area (Å²) in [6, 6.07) is 0. The van der Waals surface area contributed by atoms with Gasteiger partial charge in [-0.15, -0.1) is 0 Å². The van der Waals surface area contributed by atoms with Crippen LogP contribution in [0.3, 0.4) is 0 Å². The Morgan fingerprint density at radius 3 is 2.56 bits per heavy atom. The van der Waals surface area contributed by atoms with E-state index in [9.17, 15) is 0 Å². The molecule has 1 N–H and O–H groups in total. The van der Waals surface area contributed by atoms with Crippen LogP contribution >= 0.6 is 0 Å². The smallest absolute Gasteiger partial charge is 0.147 e. The number of hydrogen-bond acceptors (Lipinski definition) is 3. The number of oxime groups is 1. The number of aliphatic hydroxyl groups excluding tert-OH is 1. The van der Waals surface area contributed by atoms with E-state index in [-0.39, 0.29) is 12.7 Å². The van der Waals surface area contributed by atoms with E-state index in [4.69, 9.17) is 9.94 Å². The van der Waals surface area contributed by atoms with Gasteiger partial charge in [-0.25, -0.2) is 0 Å². The van der Waals surface area contributed by atoms with Gasteiger partial charge in [0.1, 0.15) is 6.10 Å². The molecule has 1 atom stereocenters. The molecule has 0 aromatic carbocycles. The van der Waals surface area contributed by atoms with E-state index in [0.717, 1.165) is 5.71 Å². The highest BCUT2D eigenvalue weighted by molar-refractivity contribution is 5.78. The minimum Gasteiger partial charge on any atom is -0.392 e. The molecule has 0 radical (unpaired) electrons. The number of hydrogen-bond donors (Lipinski definition) is 1. The van der Waals surface area contributed by atoms with Gasteiger partial charge in [0.25, 0.3) is 0 Å². The number of aliphatic hydroxyl groups is 1. The van der Waals surface area contributed by atoms with Gasteiger partial charge in [0.2, 0.25) is 0 Å². The van der Waals surface area contributed by atoms with Gasteiger partial charge in [-0.05, 0) is 20.8 Å². The molecule has 0 amide bonds. The summed E-state index contributed by atoms with van der Waals surface area (Å²) >= 11 is 0. The summed E-state index contributed by atoms with van der Waals surface area (Å²) in [5.41, 5.74) is 0.857. The molecule has 1 unspecified atom stereocenters. The van der Waals surface area contributed by atoms with Crippen LogP contribution in [-0.2, 0) is 4.84 Å². The van der Waals surface area contributed by atoms with Crippen molar-refractivity contribution in [3.63, 3.8) is 0 Å². The quantitative estimate of drug-likeness (QED) is 0.454. The zero-order chi connectivity index (χ0) is 7.28. The van der Waals surface area contributed by atoms with Crippen LogP contribution in [0, 0.1) is 0 Å². The first-order chi connectivity index (χ1) is 4.16. The maximum atomic E-state index is 8.45. The Hall–Kier alpha value is -0.570. The molecular weight excluding hydrogens is 118 g/mol. The minimum absolute atomic E-state index is 0.0107. The van der Waals surface area contributed by atoms with Crippen molar-refractivity contribution in [1.82, 2.24) is 0 Å². The van der Waals surface area contributed by atoms with Crippen LogP contribution in [0.15, 0.2) is 5.16 Å². The molecule has 3 nitrogen and oxygen atoms in total. The highest BCUT2D eigenvalue weighted by Gasteiger charge is 1.95. The van der Waals surface area contributed by atoms with Gasteiger partial charge in [0.15, 0.2) is 0 Å². The fourth-order valence-electron chi connectivity index (χ4n) is 0.229. The van der Waals surface area contributed by atoms with Crippen LogP contribution < -0.4 is 0 Å². The largest absolute Gasteiger partial charge is 0.392 e. The molecule has 0 aromatic heterocycles. The molecule has 0 heterocycles. The summed E-state index contributed by atoms with van der Waals surface area (Å²) in [5, 5.41) is 12.1. The van der Waals surface area contributed by atoms with Crippen molar-refractivity contribution in [2.45, 2.75) is 26.9 Å². The van der Waals surface area contributed by atoms with Crippen LogP contribution in [0.4, 0.5) is 0 Å². The van der Waals surface area contributed by atoms with Crippen molar-refractivity contribution in [3.05, 3.63) is 0 Å². The Morgan fingerprint density at radius 1 is 1.67 bits per heavy atom. The second-order valence-corrected chi connectivity index (χ2v) is 2.14. The van der Waals surface area contributed by atoms with Crippen LogP contribution in [0.2, 0.25) is 0 Å². The third-order valence-corrected chi connectivity index (χ3v) is 0.672. The lowest BCUT2D eigenvalue weighted by Crippen LogP contribution is -2.09. The molecule has 0 fully saturated rings. The van der Waals surface area contributed by atoms with Crippen LogP contribution in [0.5, 0.6) is 0 Å². The molecule has 0 bridgehead atoms. The topological polar surface area (TPSA) is 41.8 Å². The van der Waals surface area contributed by atoms with E-state index in [1.807, 2.05) is 13.8 Å². The summed E-state index contributed by atoms with van der Waals surface area (Å²) in [6.07, 6.45) is -0.195. The Kier molecular flexibility index (Phi) is 4.05. The van der Waals surface area contributed by atoms with Crippen molar-refractivity contribution in [3.8, 4) is 0 Å². The van der Waals surface area contributed by atoms with Gasteiger partial charge in [-0.1, -0.05) is 5.16 Å². The molecule has 0 aromatic rings. The molecule has 9 heavy (non-hydrogen) atoms. The SMILES string of the molecule is CC(C)=NOC(C)CO. The summed E-state index contributed by atoms with van der Waals surface area (Å²) in [4.78, 5) is 4.79. The van der Waals surface area contributed by atoms with E-state index >= 15 is 0 Å². The molecule has 0 aliphatic carbocycles. The van der Waals surface area contributed by atoms with E-state index in [0.29, 0.717) is 0 Å². The van der Waals surface area contributed by atoms with E-state index in [1.165, 1.54) is 0 Å². The van der Waals surface area contributed by atoms with Crippen LogP contribution in [0.25, 0.3) is 0 Å². The Labute approximate surface area is 55.3 Å². The molecule has 3 heteroatoms.